The van der Waals surface area contributed by atoms with Crippen LogP contribution in [0, 0.1) is 13.8 Å². The molecule has 0 radical (unpaired) electrons. The fraction of sp³-hybridized carbons (Fsp3) is 0.167. The van der Waals surface area contributed by atoms with Gasteiger partial charge in [0.05, 0.1) is 0 Å². The molecule has 0 unspecified atom stereocenters. The summed E-state index contributed by atoms with van der Waals surface area (Å²) in [5, 5.41) is 0. The minimum atomic E-state index is 1.17. The molecule has 2 rings (SSSR count). The number of para-hydroxylation sites is 1. The van der Waals surface area contributed by atoms with E-state index in [0.29, 0.717) is 0 Å². The summed E-state index contributed by atoms with van der Waals surface area (Å²) in [5.41, 5.74) is 3.71. The first-order valence-corrected chi connectivity index (χ1v) is 5.39. The normalized spacial score (nSPS) is 10.5. The first-order valence-electron chi connectivity index (χ1n) is 4.60. The Labute approximate surface area is 92.5 Å². The molecule has 0 amide bonds. The number of aromatic nitrogens is 1. The molecule has 2 heteroatoms. The molecule has 0 aliphatic carbocycles. The molecule has 0 bridgehead atoms. The van der Waals surface area contributed by atoms with Crippen molar-refractivity contribution < 1.29 is 0 Å². The highest BCUT2D eigenvalue weighted by Crippen LogP contribution is 2.24. The average molecular weight is 250 g/mol. The second-order valence-corrected chi connectivity index (χ2v) is 4.24. The van der Waals surface area contributed by atoms with Crippen molar-refractivity contribution in [2.24, 2.45) is 0 Å². The van der Waals surface area contributed by atoms with Crippen LogP contribution in [0.5, 0.6) is 0 Å². The Balaban J connectivity index is 2.62. The van der Waals surface area contributed by atoms with Crippen LogP contribution in [0.4, 0.5) is 0 Å². The van der Waals surface area contributed by atoms with Crippen LogP contribution in [0.25, 0.3) is 5.69 Å². The SMILES string of the molecule is Cc1cc(Br)c(C)n1-c1ccccc1. The van der Waals surface area contributed by atoms with Crippen LogP contribution >= 0.6 is 15.9 Å². The lowest BCUT2D eigenvalue weighted by Crippen LogP contribution is -1.97. The number of nitrogens with zero attached hydrogens (tertiary/aromatic N) is 1. The quantitative estimate of drug-likeness (QED) is 0.724. The maximum Gasteiger partial charge on any atom is 0.0455 e. The second-order valence-electron chi connectivity index (χ2n) is 3.39. The third kappa shape index (κ3) is 1.50. The van der Waals surface area contributed by atoms with Crippen LogP contribution in [0.15, 0.2) is 40.9 Å². The lowest BCUT2D eigenvalue weighted by atomic mass is 10.3. The Morgan fingerprint density at radius 1 is 1.07 bits per heavy atom. The van der Waals surface area contributed by atoms with E-state index >= 15 is 0 Å². The van der Waals surface area contributed by atoms with Crippen LogP contribution in [0.3, 0.4) is 0 Å². The summed E-state index contributed by atoms with van der Waals surface area (Å²) < 4.78 is 3.41. The monoisotopic (exact) mass is 249 g/mol. The fourth-order valence-electron chi connectivity index (χ4n) is 1.70. The number of aryl methyl sites for hydroxylation is 1. The van der Waals surface area contributed by atoms with Crippen molar-refractivity contribution in [3.05, 3.63) is 52.3 Å². The van der Waals surface area contributed by atoms with Crippen molar-refractivity contribution in [3.8, 4) is 5.69 Å². The van der Waals surface area contributed by atoms with Crippen molar-refractivity contribution in [1.82, 2.24) is 4.57 Å². The maximum absolute atomic E-state index is 3.54. The van der Waals surface area contributed by atoms with E-state index in [1.807, 2.05) is 6.07 Å². The lowest BCUT2D eigenvalue weighted by Gasteiger charge is -2.08. The highest BCUT2D eigenvalue weighted by atomic mass is 79.9. The first-order chi connectivity index (χ1) is 6.70. The van der Waals surface area contributed by atoms with Gasteiger partial charge in [-0.25, -0.2) is 0 Å². The average Bonchev–Trinajstić information content (AvgIpc) is 2.43. The zero-order valence-electron chi connectivity index (χ0n) is 8.29. The Morgan fingerprint density at radius 2 is 1.71 bits per heavy atom. The van der Waals surface area contributed by atoms with E-state index in [1.165, 1.54) is 21.5 Å². The summed E-state index contributed by atoms with van der Waals surface area (Å²) in [5.74, 6) is 0. The van der Waals surface area contributed by atoms with Crippen LogP contribution in [-0.4, -0.2) is 4.57 Å². The molecule has 1 nitrogen and oxygen atoms in total. The van der Waals surface area contributed by atoms with Gasteiger partial charge in [-0.2, -0.15) is 0 Å². The third-order valence-corrected chi connectivity index (χ3v) is 3.19. The van der Waals surface area contributed by atoms with Gasteiger partial charge in [0.15, 0.2) is 0 Å². The molecule has 1 aromatic carbocycles. The van der Waals surface area contributed by atoms with Crippen molar-refractivity contribution in [2.75, 3.05) is 0 Å². The van der Waals surface area contributed by atoms with Gasteiger partial charge in [-0.1, -0.05) is 18.2 Å². The summed E-state index contributed by atoms with van der Waals surface area (Å²) in [7, 11) is 0. The summed E-state index contributed by atoms with van der Waals surface area (Å²) >= 11 is 3.54. The van der Waals surface area contributed by atoms with E-state index < -0.39 is 0 Å². The molecule has 0 spiro atoms. The van der Waals surface area contributed by atoms with Crippen molar-refractivity contribution in [3.63, 3.8) is 0 Å². The molecule has 0 atom stereocenters. The van der Waals surface area contributed by atoms with E-state index in [2.05, 4.69) is 64.7 Å². The highest BCUT2D eigenvalue weighted by Gasteiger charge is 2.07. The molecule has 0 aliphatic rings. The minimum Gasteiger partial charge on any atom is -0.317 e. The lowest BCUT2D eigenvalue weighted by molar-refractivity contribution is 0.963. The fourth-order valence-corrected chi connectivity index (χ4v) is 2.21. The number of benzene rings is 1. The van der Waals surface area contributed by atoms with Crippen molar-refractivity contribution >= 4 is 15.9 Å². The Kier molecular flexibility index (Phi) is 2.46. The van der Waals surface area contributed by atoms with Gasteiger partial charge >= 0.3 is 0 Å². The summed E-state index contributed by atoms with van der Waals surface area (Å²) in [6.45, 7) is 4.23. The molecule has 0 saturated carbocycles. The molecule has 2 aromatic rings. The molecule has 0 aliphatic heterocycles. The van der Waals surface area contributed by atoms with Crippen LogP contribution in [0.1, 0.15) is 11.4 Å². The molecular formula is C12H12BrN. The van der Waals surface area contributed by atoms with Crippen LogP contribution in [0.2, 0.25) is 0 Å². The number of halogens is 1. The van der Waals surface area contributed by atoms with Gasteiger partial charge in [0.2, 0.25) is 0 Å². The number of hydrogen-bond donors (Lipinski definition) is 0. The van der Waals surface area contributed by atoms with Gasteiger partial charge < -0.3 is 4.57 Å². The zero-order valence-corrected chi connectivity index (χ0v) is 9.88. The molecular weight excluding hydrogens is 238 g/mol. The zero-order chi connectivity index (χ0) is 10.1. The van der Waals surface area contributed by atoms with E-state index in [1.54, 1.807) is 0 Å². The smallest absolute Gasteiger partial charge is 0.0455 e. The number of rotatable bonds is 1. The molecule has 1 heterocycles. The molecule has 0 N–H and O–H groups in total. The minimum absolute atomic E-state index is 1.17. The third-order valence-electron chi connectivity index (χ3n) is 2.38. The Morgan fingerprint density at radius 3 is 2.21 bits per heavy atom. The standard InChI is InChI=1S/C12H12BrN/c1-9-8-12(13)10(2)14(9)11-6-4-3-5-7-11/h3-8H,1-2H3. The molecule has 14 heavy (non-hydrogen) atoms. The van der Waals surface area contributed by atoms with Gasteiger partial charge in [0.25, 0.3) is 0 Å². The highest BCUT2D eigenvalue weighted by molar-refractivity contribution is 9.10. The van der Waals surface area contributed by atoms with Crippen LogP contribution in [-0.2, 0) is 0 Å². The Hall–Kier alpha value is -1.02. The largest absolute Gasteiger partial charge is 0.317 e. The van der Waals surface area contributed by atoms with E-state index in [0.717, 1.165) is 0 Å². The van der Waals surface area contributed by atoms with E-state index in [9.17, 15) is 0 Å². The van der Waals surface area contributed by atoms with Gasteiger partial charge in [0.1, 0.15) is 0 Å². The van der Waals surface area contributed by atoms with Gasteiger partial charge in [0, 0.05) is 21.5 Å². The van der Waals surface area contributed by atoms with Crippen molar-refractivity contribution in [2.45, 2.75) is 13.8 Å². The molecule has 0 fully saturated rings. The van der Waals surface area contributed by atoms with Gasteiger partial charge in [-0.15, -0.1) is 0 Å². The first kappa shape index (κ1) is 9.53. The predicted molar refractivity (Wildman–Crippen MR) is 62.9 cm³/mol. The van der Waals surface area contributed by atoms with E-state index in [4.69, 9.17) is 0 Å². The molecule has 72 valence electrons. The van der Waals surface area contributed by atoms with Crippen LogP contribution < -0.4 is 0 Å². The van der Waals surface area contributed by atoms with Crippen molar-refractivity contribution in [1.29, 1.82) is 0 Å². The Bertz CT molecular complexity index is 443. The topological polar surface area (TPSA) is 4.93 Å². The second kappa shape index (κ2) is 3.62. The summed E-state index contributed by atoms with van der Waals surface area (Å²) in [6, 6.07) is 12.5. The predicted octanol–water partition coefficient (Wildman–Crippen LogP) is 3.86. The number of hydrogen-bond acceptors (Lipinski definition) is 0. The van der Waals surface area contributed by atoms with E-state index in [-0.39, 0.29) is 0 Å². The summed E-state index contributed by atoms with van der Waals surface area (Å²) in [6.07, 6.45) is 0. The molecule has 1 aromatic heterocycles. The van der Waals surface area contributed by atoms with Gasteiger partial charge in [-0.3, -0.25) is 0 Å². The maximum atomic E-state index is 3.54. The van der Waals surface area contributed by atoms with Gasteiger partial charge in [-0.05, 0) is 48.0 Å². The summed E-state index contributed by atoms with van der Waals surface area (Å²) in [4.78, 5) is 0. The molecule has 0 saturated heterocycles.